The largest absolute Gasteiger partial charge is 0.459 e. The van der Waals surface area contributed by atoms with Crippen LogP contribution in [0.25, 0.3) is 5.52 Å². The molecule has 1 N–H and O–H groups in total. The maximum atomic E-state index is 12.6. The van der Waals surface area contributed by atoms with Crippen LogP contribution < -0.4 is 5.32 Å². The predicted molar refractivity (Wildman–Crippen MR) is 120 cm³/mol. The molecule has 3 heterocycles. The Kier molecular flexibility index (Phi) is 8.37. The van der Waals surface area contributed by atoms with Gasteiger partial charge in [0.15, 0.2) is 0 Å². The maximum absolute atomic E-state index is 12.6. The number of carbonyl (C=O) groups excluding carboxylic acids is 1. The van der Waals surface area contributed by atoms with Crippen molar-refractivity contribution in [2.45, 2.75) is 46.1 Å². The number of fused-ring (bicyclic) bond motifs is 1. The Labute approximate surface area is 182 Å². The van der Waals surface area contributed by atoms with Gasteiger partial charge in [0.25, 0.3) is 0 Å². The van der Waals surface area contributed by atoms with Crippen molar-refractivity contribution in [3.8, 4) is 0 Å². The summed E-state index contributed by atoms with van der Waals surface area (Å²) < 4.78 is 8.72. The zero-order valence-corrected chi connectivity index (χ0v) is 19.5. The number of esters is 1. The van der Waals surface area contributed by atoms with Gasteiger partial charge in [-0.2, -0.15) is 0 Å². The minimum absolute atomic E-state index is 0. The fourth-order valence-electron chi connectivity index (χ4n) is 3.88. The number of hydrogen-bond donors (Lipinski definition) is 1. The van der Waals surface area contributed by atoms with E-state index in [2.05, 4.69) is 49.7 Å². The lowest BCUT2D eigenvalue weighted by atomic mass is 9.95. The molecule has 1 aliphatic rings. The standard InChI is InChI=1S/C21H30BrN3O2.ClH/c1-14(2)27-21(26)19-12-18-11-17(22)13-25(18)20(16(19)4)15(3)5-8-24-9-6-23-7-10-24;/h11-15,23H,5-10H2,1-4H3;1H. The molecule has 2 aromatic heterocycles. The SMILES string of the molecule is Cc1c(C(=O)OC(C)C)cc2cc(Br)cn2c1C(C)CCN1CCNCC1.Cl. The van der Waals surface area contributed by atoms with Gasteiger partial charge in [0, 0.05) is 48.1 Å². The lowest BCUT2D eigenvalue weighted by molar-refractivity contribution is 0.0377. The Bertz CT molecular complexity index is 816. The van der Waals surface area contributed by atoms with E-state index in [1.807, 2.05) is 26.8 Å². The first-order valence-corrected chi connectivity index (χ1v) is 10.6. The molecule has 156 valence electrons. The van der Waals surface area contributed by atoms with Crippen LogP contribution in [0, 0.1) is 6.92 Å². The third-order valence-electron chi connectivity index (χ3n) is 5.27. The molecule has 0 saturated carbocycles. The number of halogens is 2. The number of aromatic nitrogens is 1. The Balaban J connectivity index is 0.00000280. The van der Waals surface area contributed by atoms with E-state index < -0.39 is 0 Å². The van der Waals surface area contributed by atoms with Gasteiger partial charge in [0.1, 0.15) is 0 Å². The maximum Gasteiger partial charge on any atom is 0.338 e. The molecule has 28 heavy (non-hydrogen) atoms. The van der Waals surface area contributed by atoms with Crippen LogP contribution in [-0.2, 0) is 4.74 Å². The summed E-state index contributed by atoms with van der Waals surface area (Å²) in [5.41, 5.74) is 3.91. The van der Waals surface area contributed by atoms with Crippen molar-refractivity contribution in [2.75, 3.05) is 32.7 Å². The number of piperazine rings is 1. The molecule has 3 rings (SSSR count). The van der Waals surface area contributed by atoms with E-state index in [4.69, 9.17) is 4.74 Å². The van der Waals surface area contributed by atoms with Gasteiger partial charge in [-0.25, -0.2) is 4.79 Å². The molecule has 5 nitrogen and oxygen atoms in total. The van der Waals surface area contributed by atoms with Gasteiger partial charge in [0.2, 0.25) is 0 Å². The monoisotopic (exact) mass is 471 g/mol. The summed E-state index contributed by atoms with van der Waals surface area (Å²) >= 11 is 3.58. The van der Waals surface area contributed by atoms with Gasteiger partial charge in [-0.05, 0) is 73.3 Å². The normalized spacial score (nSPS) is 16.2. The third-order valence-corrected chi connectivity index (χ3v) is 5.71. The van der Waals surface area contributed by atoms with E-state index in [0.717, 1.165) is 54.7 Å². The molecule has 0 radical (unpaired) electrons. The number of pyridine rings is 1. The third kappa shape index (κ3) is 5.29. The molecule has 1 saturated heterocycles. The smallest absolute Gasteiger partial charge is 0.338 e. The molecule has 0 aliphatic carbocycles. The summed E-state index contributed by atoms with van der Waals surface area (Å²) in [4.78, 5) is 15.2. The second-order valence-electron chi connectivity index (χ2n) is 7.76. The number of rotatable bonds is 6. The lowest BCUT2D eigenvalue weighted by Crippen LogP contribution is -2.44. The molecule has 7 heteroatoms. The molecule has 1 unspecified atom stereocenters. The van der Waals surface area contributed by atoms with Crippen LogP contribution in [-0.4, -0.2) is 54.1 Å². The van der Waals surface area contributed by atoms with E-state index in [-0.39, 0.29) is 24.5 Å². The number of hydrogen-bond acceptors (Lipinski definition) is 4. The summed E-state index contributed by atoms with van der Waals surface area (Å²) in [5, 5.41) is 3.40. The van der Waals surface area contributed by atoms with Crippen molar-refractivity contribution < 1.29 is 9.53 Å². The highest BCUT2D eigenvalue weighted by Gasteiger charge is 2.22. The highest BCUT2D eigenvalue weighted by Crippen LogP contribution is 2.30. The molecular weight excluding hydrogens is 442 g/mol. The van der Waals surface area contributed by atoms with Crippen molar-refractivity contribution in [1.82, 2.24) is 14.6 Å². The summed E-state index contributed by atoms with van der Waals surface area (Å²) in [6.45, 7) is 13.5. The first-order chi connectivity index (χ1) is 12.9. The number of carbonyl (C=O) groups is 1. The van der Waals surface area contributed by atoms with E-state index in [1.54, 1.807) is 0 Å². The Hall–Kier alpha value is -1.08. The van der Waals surface area contributed by atoms with Crippen molar-refractivity contribution >= 4 is 39.8 Å². The second-order valence-corrected chi connectivity index (χ2v) is 8.67. The Morgan fingerprint density at radius 3 is 2.57 bits per heavy atom. The summed E-state index contributed by atoms with van der Waals surface area (Å²) in [5.74, 6) is 0.103. The summed E-state index contributed by atoms with van der Waals surface area (Å²) in [6, 6.07) is 4.00. The van der Waals surface area contributed by atoms with Gasteiger partial charge in [-0.3, -0.25) is 0 Å². The summed E-state index contributed by atoms with van der Waals surface area (Å²) in [6.07, 6.45) is 3.03. The minimum atomic E-state index is -0.238. The summed E-state index contributed by atoms with van der Waals surface area (Å²) in [7, 11) is 0. The fraction of sp³-hybridized carbons (Fsp3) is 0.571. The van der Waals surface area contributed by atoms with Gasteiger partial charge in [-0.15, -0.1) is 12.4 Å². The molecule has 0 bridgehead atoms. The van der Waals surface area contributed by atoms with Crippen LogP contribution in [0.1, 0.15) is 54.7 Å². The van der Waals surface area contributed by atoms with Crippen LogP contribution in [0.4, 0.5) is 0 Å². The minimum Gasteiger partial charge on any atom is -0.459 e. The number of ether oxygens (including phenoxy) is 1. The Morgan fingerprint density at radius 2 is 1.93 bits per heavy atom. The van der Waals surface area contributed by atoms with Crippen LogP contribution >= 0.6 is 28.3 Å². The van der Waals surface area contributed by atoms with E-state index in [9.17, 15) is 4.79 Å². The molecule has 0 spiro atoms. The fourth-order valence-corrected chi connectivity index (χ4v) is 4.32. The first kappa shape index (κ1) is 23.2. The zero-order chi connectivity index (χ0) is 19.6. The Morgan fingerprint density at radius 1 is 1.25 bits per heavy atom. The van der Waals surface area contributed by atoms with E-state index in [0.29, 0.717) is 11.5 Å². The van der Waals surface area contributed by atoms with E-state index >= 15 is 0 Å². The molecule has 2 aromatic rings. The van der Waals surface area contributed by atoms with Crippen LogP contribution in [0.15, 0.2) is 22.8 Å². The van der Waals surface area contributed by atoms with Crippen molar-refractivity contribution in [3.63, 3.8) is 0 Å². The van der Waals surface area contributed by atoms with Crippen LogP contribution in [0.3, 0.4) is 0 Å². The number of nitrogens with zero attached hydrogens (tertiary/aromatic N) is 2. The highest BCUT2D eigenvalue weighted by atomic mass is 79.9. The molecule has 0 aromatic carbocycles. The molecule has 1 aliphatic heterocycles. The van der Waals surface area contributed by atoms with Gasteiger partial charge in [0.05, 0.1) is 11.7 Å². The second kappa shape index (κ2) is 10.1. The average molecular weight is 473 g/mol. The average Bonchev–Trinajstić information content (AvgIpc) is 2.99. The topological polar surface area (TPSA) is 46.0 Å². The van der Waals surface area contributed by atoms with E-state index in [1.165, 1.54) is 5.69 Å². The first-order valence-electron chi connectivity index (χ1n) is 9.82. The zero-order valence-electron chi connectivity index (χ0n) is 17.1. The molecular formula is C21H31BrClN3O2. The molecule has 1 atom stereocenters. The molecule has 1 fully saturated rings. The lowest BCUT2D eigenvalue weighted by Gasteiger charge is -2.29. The van der Waals surface area contributed by atoms with Crippen LogP contribution in [0.2, 0.25) is 0 Å². The quantitative estimate of drug-likeness (QED) is 0.633. The van der Waals surface area contributed by atoms with Crippen molar-refractivity contribution in [3.05, 3.63) is 39.6 Å². The highest BCUT2D eigenvalue weighted by molar-refractivity contribution is 9.10. The van der Waals surface area contributed by atoms with Crippen molar-refractivity contribution in [1.29, 1.82) is 0 Å². The van der Waals surface area contributed by atoms with Crippen LogP contribution in [0.5, 0.6) is 0 Å². The van der Waals surface area contributed by atoms with Gasteiger partial charge >= 0.3 is 5.97 Å². The number of nitrogens with one attached hydrogen (secondary N) is 1. The van der Waals surface area contributed by atoms with Crippen molar-refractivity contribution in [2.24, 2.45) is 0 Å². The predicted octanol–water partition coefficient (Wildman–Crippen LogP) is 4.40. The van der Waals surface area contributed by atoms with Gasteiger partial charge in [-0.1, -0.05) is 6.92 Å². The van der Waals surface area contributed by atoms with Gasteiger partial charge < -0.3 is 19.4 Å². The molecule has 0 amide bonds.